The zero-order valence-corrected chi connectivity index (χ0v) is 10.6. The lowest BCUT2D eigenvalue weighted by Gasteiger charge is -2.08. The number of aliphatic hydroxyl groups is 1. The molecule has 1 unspecified atom stereocenters. The monoisotopic (exact) mass is 238 g/mol. The Morgan fingerprint density at radius 2 is 2.29 bits per heavy atom. The molecule has 4 heteroatoms. The fourth-order valence-electron chi connectivity index (χ4n) is 1.34. The van der Waals surface area contributed by atoms with Gasteiger partial charge in [-0.15, -0.1) is 0 Å². The molecular formula is C13H22N2O2. The number of nitrogens with one attached hydrogen (secondary N) is 1. The summed E-state index contributed by atoms with van der Waals surface area (Å²) in [6, 6.07) is 3.87. The number of pyridine rings is 1. The van der Waals surface area contributed by atoms with E-state index in [4.69, 9.17) is 9.84 Å². The van der Waals surface area contributed by atoms with Gasteiger partial charge in [-0.2, -0.15) is 0 Å². The number of rotatable bonds is 8. The highest BCUT2D eigenvalue weighted by molar-refractivity contribution is 5.19. The Morgan fingerprint density at radius 1 is 1.47 bits per heavy atom. The Hall–Kier alpha value is -1.13. The molecule has 1 aromatic rings. The molecule has 17 heavy (non-hydrogen) atoms. The van der Waals surface area contributed by atoms with Gasteiger partial charge in [0.05, 0.1) is 24.6 Å². The summed E-state index contributed by atoms with van der Waals surface area (Å²) < 4.78 is 5.45. The van der Waals surface area contributed by atoms with Crippen LogP contribution in [0.3, 0.4) is 0 Å². The third-order valence-electron chi connectivity index (χ3n) is 2.33. The van der Waals surface area contributed by atoms with E-state index in [9.17, 15) is 0 Å². The van der Waals surface area contributed by atoms with Crippen LogP contribution in [0.1, 0.15) is 32.4 Å². The fraction of sp³-hybridized carbons (Fsp3) is 0.615. The van der Waals surface area contributed by atoms with E-state index in [1.165, 1.54) is 0 Å². The number of nitrogens with zero attached hydrogens (tertiary/aromatic N) is 1. The van der Waals surface area contributed by atoms with Crippen molar-refractivity contribution in [1.82, 2.24) is 10.3 Å². The first-order valence-corrected chi connectivity index (χ1v) is 6.19. The van der Waals surface area contributed by atoms with Crippen molar-refractivity contribution in [3.8, 4) is 5.75 Å². The van der Waals surface area contributed by atoms with Crippen molar-refractivity contribution >= 4 is 0 Å². The molecule has 0 aliphatic heterocycles. The van der Waals surface area contributed by atoms with E-state index < -0.39 is 0 Å². The number of hydrogen-bond donors (Lipinski definition) is 2. The molecule has 2 N–H and O–H groups in total. The first-order chi connectivity index (χ1) is 8.22. The van der Waals surface area contributed by atoms with Gasteiger partial charge in [-0.25, -0.2) is 0 Å². The van der Waals surface area contributed by atoms with Crippen LogP contribution < -0.4 is 10.1 Å². The van der Waals surface area contributed by atoms with E-state index in [0.29, 0.717) is 13.0 Å². The Balaban J connectivity index is 2.29. The van der Waals surface area contributed by atoms with E-state index in [2.05, 4.69) is 17.2 Å². The maximum Gasteiger partial charge on any atom is 0.137 e. The van der Waals surface area contributed by atoms with Crippen LogP contribution in [0.2, 0.25) is 0 Å². The molecule has 4 nitrogen and oxygen atoms in total. The lowest BCUT2D eigenvalue weighted by Crippen LogP contribution is -2.14. The molecule has 96 valence electrons. The summed E-state index contributed by atoms with van der Waals surface area (Å²) in [7, 11) is 0. The molecular weight excluding hydrogens is 216 g/mol. The zero-order valence-electron chi connectivity index (χ0n) is 10.6. The van der Waals surface area contributed by atoms with Crippen molar-refractivity contribution in [3.05, 3.63) is 24.0 Å². The Morgan fingerprint density at radius 3 is 2.88 bits per heavy atom. The molecule has 0 saturated carbocycles. The van der Waals surface area contributed by atoms with Gasteiger partial charge in [-0.1, -0.05) is 6.92 Å². The number of ether oxygens (including phenoxy) is 1. The van der Waals surface area contributed by atoms with Crippen LogP contribution in [0.25, 0.3) is 0 Å². The average molecular weight is 238 g/mol. The summed E-state index contributed by atoms with van der Waals surface area (Å²) in [5, 5.41) is 12.4. The number of aliphatic hydroxyl groups excluding tert-OH is 1. The molecule has 0 spiro atoms. The number of aromatic nitrogens is 1. The smallest absolute Gasteiger partial charge is 0.137 e. The van der Waals surface area contributed by atoms with Crippen LogP contribution in [0, 0.1) is 0 Å². The summed E-state index contributed by atoms with van der Waals surface area (Å²) >= 11 is 0. The van der Waals surface area contributed by atoms with Gasteiger partial charge in [0.15, 0.2) is 0 Å². The standard InChI is InChI=1S/C13H22N2O2/c1-3-7-14-9-12-4-5-13(10-15-12)17-8-6-11(2)16/h4-5,10-11,14,16H,3,6-9H2,1-2H3. The first kappa shape index (κ1) is 13.9. The van der Waals surface area contributed by atoms with E-state index >= 15 is 0 Å². The lowest BCUT2D eigenvalue weighted by atomic mass is 10.3. The minimum Gasteiger partial charge on any atom is -0.492 e. The largest absolute Gasteiger partial charge is 0.492 e. The molecule has 1 aromatic heterocycles. The van der Waals surface area contributed by atoms with Crippen molar-refractivity contribution in [3.63, 3.8) is 0 Å². The van der Waals surface area contributed by atoms with E-state index in [0.717, 1.165) is 31.0 Å². The molecule has 1 rings (SSSR count). The first-order valence-electron chi connectivity index (χ1n) is 6.19. The van der Waals surface area contributed by atoms with Crippen LogP contribution >= 0.6 is 0 Å². The van der Waals surface area contributed by atoms with E-state index in [-0.39, 0.29) is 6.10 Å². The lowest BCUT2D eigenvalue weighted by molar-refractivity contribution is 0.155. The third kappa shape index (κ3) is 6.24. The number of hydrogen-bond acceptors (Lipinski definition) is 4. The molecule has 0 amide bonds. The highest BCUT2D eigenvalue weighted by Crippen LogP contribution is 2.09. The molecule has 0 radical (unpaired) electrons. The summed E-state index contributed by atoms with van der Waals surface area (Å²) in [6.45, 7) is 6.21. The Kier molecular flexibility index (Phi) is 6.58. The van der Waals surface area contributed by atoms with Gasteiger partial charge in [-0.3, -0.25) is 4.98 Å². The minimum atomic E-state index is -0.319. The Labute approximate surface area is 103 Å². The molecule has 0 bridgehead atoms. The Bertz CT molecular complexity index is 299. The van der Waals surface area contributed by atoms with Gasteiger partial charge in [0.1, 0.15) is 5.75 Å². The summed E-state index contributed by atoms with van der Waals surface area (Å²) in [5.74, 6) is 0.755. The van der Waals surface area contributed by atoms with Gasteiger partial charge < -0.3 is 15.2 Å². The quantitative estimate of drug-likeness (QED) is 0.677. The van der Waals surface area contributed by atoms with Crippen LogP contribution in [-0.4, -0.2) is 29.3 Å². The molecule has 0 saturated heterocycles. The minimum absolute atomic E-state index is 0.319. The second-order valence-electron chi connectivity index (χ2n) is 4.15. The predicted molar refractivity (Wildman–Crippen MR) is 68.0 cm³/mol. The third-order valence-corrected chi connectivity index (χ3v) is 2.33. The second kappa shape index (κ2) is 8.03. The van der Waals surface area contributed by atoms with Gasteiger partial charge in [0.25, 0.3) is 0 Å². The van der Waals surface area contributed by atoms with Crippen molar-refractivity contribution < 1.29 is 9.84 Å². The average Bonchev–Trinajstić information content (AvgIpc) is 2.31. The molecule has 1 heterocycles. The fourth-order valence-corrected chi connectivity index (χ4v) is 1.34. The SMILES string of the molecule is CCCNCc1ccc(OCCC(C)O)cn1. The van der Waals surface area contributed by atoms with E-state index in [1.807, 2.05) is 12.1 Å². The molecule has 0 fully saturated rings. The maximum absolute atomic E-state index is 9.09. The van der Waals surface area contributed by atoms with Crippen LogP contribution in [-0.2, 0) is 6.54 Å². The van der Waals surface area contributed by atoms with Crippen LogP contribution in [0.5, 0.6) is 5.75 Å². The molecule has 0 aromatic carbocycles. The normalized spacial score (nSPS) is 12.4. The molecule has 0 aliphatic rings. The zero-order chi connectivity index (χ0) is 12.5. The van der Waals surface area contributed by atoms with Crippen LogP contribution in [0.4, 0.5) is 0 Å². The van der Waals surface area contributed by atoms with E-state index in [1.54, 1.807) is 13.1 Å². The van der Waals surface area contributed by atoms with Crippen molar-refractivity contribution in [2.75, 3.05) is 13.2 Å². The van der Waals surface area contributed by atoms with Gasteiger partial charge >= 0.3 is 0 Å². The van der Waals surface area contributed by atoms with Gasteiger partial charge in [0.2, 0.25) is 0 Å². The second-order valence-corrected chi connectivity index (χ2v) is 4.15. The molecule has 1 atom stereocenters. The summed E-state index contributed by atoms with van der Waals surface area (Å²) in [5.41, 5.74) is 1.02. The topological polar surface area (TPSA) is 54.4 Å². The van der Waals surface area contributed by atoms with Crippen molar-refractivity contribution in [2.45, 2.75) is 39.3 Å². The van der Waals surface area contributed by atoms with Gasteiger partial charge in [-0.05, 0) is 32.0 Å². The maximum atomic E-state index is 9.09. The summed E-state index contributed by atoms with van der Waals surface area (Å²) in [6.07, 6.45) is 3.17. The van der Waals surface area contributed by atoms with Crippen molar-refractivity contribution in [1.29, 1.82) is 0 Å². The molecule has 0 aliphatic carbocycles. The highest BCUT2D eigenvalue weighted by Gasteiger charge is 1.99. The van der Waals surface area contributed by atoms with Crippen LogP contribution in [0.15, 0.2) is 18.3 Å². The highest BCUT2D eigenvalue weighted by atomic mass is 16.5. The van der Waals surface area contributed by atoms with Gasteiger partial charge in [0, 0.05) is 13.0 Å². The van der Waals surface area contributed by atoms with Crippen molar-refractivity contribution in [2.24, 2.45) is 0 Å². The predicted octanol–water partition coefficient (Wildman–Crippen LogP) is 1.73. The summed E-state index contributed by atoms with van der Waals surface area (Å²) in [4.78, 5) is 4.30.